The second-order valence-corrected chi connectivity index (χ2v) is 13.9. The topological polar surface area (TPSA) is 94.2 Å². The average molecular weight is 606 g/mol. The van der Waals surface area contributed by atoms with Gasteiger partial charge >= 0.3 is 5.97 Å². The Labute approximate surface area is 262 Å². The minimum Gasteiger partial charge on any atom is -0.459 e. The van der Waals surface area contributed by atoms with Gasteiger partial charge in [-0.25, -0.2) is 4.79 Å². The normalized spacial score (nSPS) is 28.7. The molecule has 7 rings (SSSR count). The van der Waals surface area contributed by atoms with Crippen molar-refractivity contribution in [2.75, 3.05) is 39.8 Å². The molecule has 0 radical (unpaired) electrons. The number of amides is 2. The van der Waals surface area contributed by atoms with Gasteiger partial charge in [0.15, 0.2) is 0 Å². The van der Waals surface area contributed by atoms with Crippen LogP contribution in [0.2, 0.25) is 0 Å². The van der Waals surface area contributed by atoms with E-state index in [9.17, 15) is 14.4 Å². The number of hydrogen-bond acceptors (Lipinski definition) is 7. The van der Waals surface area contributed by atoms with Crippen molar-refractivity contribution in [2.45, 2.75) is 101 Å². The highest BCUT2D eigenvalue weighted by Crippen LogP contribution is 2.35. The van der Waals surface area contributed by atoms with Gasteiger partial charge in [-0.1, -0.05) is 38.0 Å². The Morgan fingerprint density at radius 1 is 1.02 bits per heavy atom. The number of likely N-dealkylation sites (tertiary alicyclic amines) is 2. The summed E-state index contributed by atoms with van der Waals surface area (Å²) < 4.78 is 5.38. The van der Waals surface area contributed by atoms with Crippen LogP contribution in [0.25, 0.3) is 0 Å². The number of benzene rings is 1. The van der Waals surface area contributed by atoms with Crippen molar-refractivity contribution in [1.29, 1.82) is 0 Å². The third-order valence-electron chi connectivity index (χ3n) is 11.2. The maximum absolute atomic E-state index is 14.3. The fourth-order valence-electron chi connectivity index (χ4n) is 8.27. The van der Waals surface area contributed by atoms with Crippen LogP contribution in [-0.2, 0) is 20.7 Å². The van der Waals surface area contributed by atoms with Crippen molar-refractivity contribution in [1.82, 2.24) is 25.3 Å². The predicted molar refractivity (Wildman–Crippen MR) is 170 cm³/mol. The highest BCUT2D eigenvalue weighted by atomic mass is 16.6. The van der Waals surface area contributed by atoms with Gasteiger partial charge in [-0.15, -0.1) is 0 Å². The Morgan fingerprint density at radius 2 is 1.82 bits per heavy atom. The molecule has 2 N–H and O–H groups in total. The third kappa shape index (κ3) is 6.54. The molecule has 2 bridgehead atoms. The number of morpholine rings is 1. The molecular weight excluding hydrogens is 554 g/mol. The molecular formula is C35H51N5O4. The van der Waals surface area contributed by atoms with Crippen LogP contribution < -0.4 is 10.6 Å². The minimum atomic E-state index is -0.452. The Kier molecular flexibility index (Phi) is 9.62. The van der Waals surface area contributed by atoms with Gasteiger partial charge in [0.25, 0.3) is 5.91 Å². The zero-order valence-electron chi connectivity index (χ0n) is 26.6. The molecule has 2 amide bonds. The molecule has 6 aliphatic rings. The zero-order chi connectivity index (χ0) is 30.8. The Bertz CT molecular complexity index is 1230. The second kappa shape index (κ2) is 13.6. The summed E-state index contributed by atoms with van der Waals surface area (Å²) in [5, 5.41) is 6.86. The van der Waals surface area contributed by atoms with E-state index in [-0.39, 0.29) is 42.0 Å². The molecule has 9 nitrogen and oxygen atoms in total. The lowest BCUT2D eigenvalue weighted by Gasteiger charge is -2.43. The van der Waals surface area contributed by atoms with Crippen LogP contribution in [0.3, 0.4) is 0 Å². The molecule has 5 heterocycles. The number of hydrogen-bond donors (Lipinski definition) is 2. The molecule has 1 aliphatic carbocycles. The number of esters is 1. The third-order valence-corrected chi connectivity index (χ3v) is 11.2. The lowest BCUT2D eigenvalue weighted by Crippen LogP contribution is -2.59. The standard InChI is InChI=1S/C35H51N5O4/c1-23(36-3)24(2)37-32(27-9-5-4-6-10-27)34(42)39-19-16-26-15-18-38(22-31(26)39)17-14-25-8-7-11-28(20-25)33(41)40-21-29-12-13-30(40)35(43)44-29/h7-8,11,20,23,26-27,29-32,36-37H,2,4-6,9-10,12-19,21-22H2,1,3H3/t23-,26+,29?,30?,31+,32-/m0/s1. The molecule has 240 valence electrons. The summed E-state index contributed by atoms with van der Waals surface area (Å²) in [5.41, 5.74) is 2.66. The van der Waals surface area contributed by atoms with E-state index in [1.165, 1.54) is 19.3 Å². The van der Waals surface area contributed by atoms with Gasteiger partial charge < -0.3 is 30.1 Å². The number of piperidine rings is 2. The first kappa shape index (κ1) is 31.1. The van der Waals surface area contributed by atoms with Gasteiger partial charge in [-0.2, -0.15) is 0 Å². The van der Waals surface area contributed by atoms with Gasteiger partial charge in [-0.05, 0) is 95.0 Å². The van der Waals surface area contributed by atoms with E-state index in [0.29, 0.717) is 30.4 Å². The summed E-state index contributed by atoms with van der Waals surface area (Å²) in [4.78, 5) is 46.3. The molecule has 1 aromatic rings. The highest BCUT2D eigenvalue weighted by molar-refractivity contribution is 5.97. The molecule has 44 heavy (non-hydrogen) atoms. The van der Waals surface area contributed by atoms with E-state index in [4.69, 9.17) is 4.74 Å². The average Bonchev–Trinajstić information content (AvgIpc) is 3.49. The molecule has 9 heteroatoms. The zero-order valence-corrected chi connectivity index (χ0v) is 26.6. The summed E-state index contributed by atoms with van der Waals surface area (Å²) in [7, 11) is 1.93. The number of rotatable bonds is 10. The van der Waals surface area contributed by atoms with Gasteiger partial charge in [0.2, 0.25) is 5.91 Å². The van der Waals surface area contributed by atoms with Crippen molar-refractivity contribution < 1.29 is 19.1 Å². The van der Waals surface area contributed by atoms with Crippen molar-refractivity contribution in [3.8, 4) is 0 Å². The van der Waals surface area contributed by atoms with E-state index < -0.39 is 6.04 Å². The summed E-state index contributed by atoms with van der Waals surface area (Å²) >= 11 is 0. The molecule has 5 saturated heterocycles. The highest BCUT2D eigenvalue weighted by Gasteiger charge is 2.45. The van der Waals surface area contributed by atoms with Crippen LogP contribution in [0, 0.1) is 11.8 Å². The maximum Gasteiger partial charge on any atom is 0.329 e. The van der Waals surface area contributed by atoms with Crippen LogP contribution in [0.5, 0.6) is 0 Å². The van der Waals surface area contributed by atoms with Gasteiger partial charge in [0, 0.05) is 43.0 Å². The largest absolute Gasteiger partial charge is 0.459 e. The SMILES string of the molecule is C=C(N[C@H](C(=O)N1CC[C@H]2CCN(CCc3cccc(C(=O)N4CC5CCC4C(=O)O5)c3)C[C@H]21)C1CCCCC1)[C@H](C)NC. The number of nitrogens with one attached hydrogen (secondary N) is 2. The van der Waals surface area contributed by atoms with E-state index in [2.05, 4.69) is 40.0 Å². The summed E-state index contributed by atoms with van der Waals surface area (Å²) in [6.45, 7) is 10.5. The minimum absolute atomic E-state index is 0.0768. The molecule has 0 aromatic heterocycles. The Balaban J connectivity index is 1.08. The number of likely N-dealkylation sites (N-methyl/N-ethyl adjacent to an activating group) is 1. The van der Waals surface area contributed by atoms with Crippen LogP contribution >= 0.6 is 0 Å². The molecule has 5 aliphatic heterocycles. The maximum atomic E-state index is 14.3. The van der Waals surface area contributed by atoms with Gasteiger partial charge in [0.05, 0.1) is 6.54 Å². The van der Waals surface area contributed by atoms with Crippen molar-refractivity contribution >= 4 is 17.8 Å². The fourth-order valence-corrected chi connectivity index (χ4v) is 8.27. The molecule has 1 aromatic carbocycles. The van der Waals surface area contributed by atoms with Crippen molar-refractivity contribution in [2.24, 2.45) is 11.8 Å². The molecule has 2 unspecified atom stereocenters. The van der Waals surface area contributed by atoms with Crippen LogP contribution in [-0.4, -0.2) is 103 Å². The monoisotopic (exact) mass is 605 g/mol. The number of fused-ring (bicyclic) bond motifs is 4. The number of nitrogens with zero attached hydrogens (tertiary/aromatic N) is 3. The van der Waals surface area contributed by atoms with Crippen LogP contribution in [0.1, 0.15) is 80.6 Å². The first-order valence-electron chi connectivity index (χ1n) is 17.1. The Hall–Kier alpha value is -2.91. The van der Waals surface area contributed by atoms with Crippen molar-refractivity contribution in [3.63, 3.8) is 0 Å². The van der Waals surface area contributed by atoms with Gasteiger partial charge in [0.1, 0.15) is 18.2 Å². The number of carbonyl (C=O) groups excluding carboxylic acids is 3. The summed E-state index contributed by atoms with van der Waals surface area (Å²) in [6, 6.07) is 7.59. The molecule has 1 saturated carbocycles. The second-order valence-electron chi connectivity index (χ2n) is 13.9. The Morgan fingerprint density at radius 3 is 2.57 bits per heavy atom. The molecule has 6 atom stereocenters. The summed E-state index contributed by atoms with van der Waals surface area (Å²) in [6.07, 6.45) is 10.3. The van der Waals surface area contributed by atoms with E-state index in [1.807, 2.05) is 25.2 Å². The molecule has 0 spiro atoms. The van der Waals surface area contributed by atoms with E-state index in [1.54, 1.807) is 4.90 Å². The van der Waals surface area contributed by atoms with Gasteiger partial charge in [-0.3, -0.25) is 9.59 Å². The van der Waals surface area contributed by atoms with Crippen LogP contribution in [0.15, 0.2) is 36.5 Å². The van der Waals surface area contributed by atoms with E-state index >= 15 is 0 Å². The van der Waals surface area contributed by atoms with E-state index in [0.717, 1.165) is 76.0 Å². The number of ether oxygens (including phenoxy) is 1. The lowest BCUT2D eigenvalue weighted by atomic mass is 9.82. The predicted octanol–water partition coefficient (Wildman–Crippen LogP) is 3.34. The van der Waals surface area contributed by atoms with Crippen molar-refractivity contribution in [3.05, 3.63) is 47.7 Å². The first-order chi connectivity index (χ1) is 21.3. The fraction of sp³-hybridized carbons (Fsp3) is 0.686. The van der Waals surface area contributed by atoms with Crippen LogP contribution in [0.4, 0.5) is 0 Å². The number of carbonyl (C=O) groups is 3. The smallest absolute Gasteiger partial charge is 0.329 e. The molecule has 6 fully saturated rings. The quantitative estimate of drug-likeness (QED) is 0.395. The first-order valence-corrected chi connectivity index (χ1v) is 17.1. The lowest BCUT2D eigenvalue weighted by molar-refractivity contribution is -0.172. The summed E-state index contributed by atoms with van der Waals surface area (Å²) in [5.74, 6) is 0.841.